The minimum Gasteiger partial charge on any atom is -0.494 e. The zero-order chi connectivity index (χ0) is 26.1. The number of ether oxygens (including phenoxy) is 1. The summed E-state index contributed by atoms with van der Waals surface area (Å²) in [5.41, 5.74) is 4.72. The van der Waals surface area contributed by atoms with Crippen molar-refractivity contribution in [3.05, 3.63) is 59.4 Å². The Morgan fingerprint density at radius 3 is 2.57 bits per heavy atom. The third-order valence-corrected chi connectivity index (χ3v) is 6.76. The van der Waals surface area contributed by atoms with Crippen LogP contribution >= 0.6 is 0 Å². The van der Waals surface area contributed by atoms with Crippen LogP contribution in [0.4, 0.5) is 0 Å². The van der Waals surface area contributed by atoms with E-state index in [1.807, 2.05) is 36.1 Å². The van der Waals surface area contributed by atoms with Gasteiger partial charge in [0.2, 0.25) is 0 Å². The van der Waals surface area contributed by atoms with Crippen molar-refractivity contribution in [1.82, 2.24) is 34.1 Å². The van der Waals surface area contributed by atoms with Crippen LogP contribution in [0.2, 0.25) is 0 Å². The molecule has 5 rings (SSSR count). The van der Waals surface area contributed by atoms with Crippen LogP contribution in [-0.2, 0) is 11.8 Å². The lowest BCUT2D eigenvalue weighted by molar-refractivity contribution is -0.127. The van der Waals surface area contributed by atoms with Gasteiger partial charge in [-0.25, -0.2) is 4.52 Å². The van der Waals surface area contributed by atoms with Crippen LogP contribution in [0, 0.1) is 29.6 Å². The molecule has 4 aromatic heterocycles. The van der Waals surface area contributed by atoms with Gasteiger partial charge in [0.05, 0.1) is 31.7 Å². The largest absolute Gasteiger partial charge is 0.494 e. The van der Waals surface area contributed by atoms with Crippen LogP contribution in [0.5, 0.6) is 5.75 Å². The van der Waals surface area contributed by atoms with Crippen molar-refractivity contribution >= 4 is 17.5 Å². The fourth-order valence-electron chi connectivity index (χ4n) is 4.85. The number of nitriles is 2. The first-order valence-electron chi connectivity index (χ1n) is 11.8. The van der Waals surface area contributed by atoms with Crippen LogP contribution in [0.25, 0.3) is 22.7 Å². The number of likely N-dealkylation sites (tertiary alicyclic amines) is 1. The molecule has 0 saturated carbocycles. The van der Waals surface area contributed by atoms with Gasteiger partial charge in [0, 0.05) is 54.9 Å². The summed E-state index contributed by atoms with van der Waals surface area (Å²) >= 11 is 0. The van der Waals surface area contributed by atoms with E-state index in [2.05, 4.69) is 21.4 Å². The molecule has 37 heavy (non-hydrogen) atoms. The van der Waals surface area contributed by atoms with Crippen molar-refractivity contribution in [3.63, 3.8) is 0 Å². The average Bonchev–Trinajstić information content (AvgIpc) is 3.64. The molecule has 1 saturated heterocycles. The number of piperidine rings is 1. The van der Waals surface area contributed by atoms with Crippen molar-refractivity contribution in [3.8, 4) is 29.0 Å². The summed E-state index contributed by atoms with van der Waals surface area (Å²) in [6.07, 6.45) is 11.6. The molecule has 11 heteroatoms. The first kappa shape index (κ1) is 23.8. The molecule has 0 radical (unpaired) electrons. The normalized spacial score (nSPS) is 14.5. The zero-order valence-corrected chi connectivity index (χ0v) is 20.8. The maximum atomic E-state index is 13.0. The van der Waals surface area contributed by atoms with E-state index in [1.165, 1.54) is 6.20 Å². The molecule has 5 heterocycles. The summed E-state index contributed by atoms with van der Waals surface area (Å²) in [4.78, 5) is 14.7. The van der Waals surface area contributed by atoms with Gasteiger partial charge < -0.3 is 9.64 Å². The Labute approximate surface area is 213 Å². The Kier molecular flexibility index (Phi) is 6.20. The Balaban J connectivity index is 1.33. The summed E-state index contributed by atoms with van der Waals surface area (Å²) in [7, 11) is 3.36. The Hall–Kier alpha value is -4.90. The number of hydrogen-bond acceptors (Lipinski definition) is 7. The molecule has 186 valence electrons. The minimum absolute atomic E-state index is 0.103. The summed E-state index contributed by atoms with van der Waals surface area (Å²) in [5, 5.41) is 32.0. The highest BCUT2D eigenvalue weighted by Gasteiger charge is 2.28. The predicted molar refractivity (Wildman–Crippen MR) is 134 cm³/mol. The van der Waals surface area contributed by atoms with Crippen LogP contribution in [-0.4, -0.2) is 60.2 Å². The summed E-state index contributed by atoms with van der Waals surface area (Å²) < 4.78 is 10.8. The lowest BCUT2D eigenvalue weighted by Gasteiger charge is -2.32. The third kappa shape index (κ3) is 4.32. The second kappa shape index (κ2) is 9.63. The molecule has 0 N–H and O–H groups in total. The summed E-state index contributed by atoms with van der Waals surface area (Å²) in [6.45, 7) is 3.09. The molecular formula is C26H25N9O2. The standard InChI is InChI=1S/C26H25N9O2/c1-17-23(20-9-24(37-3)25-21(11-28)13-30-34(25)16-20)14-31-35(17)22-4-6-33(7-5-22)26(36)19(10-27)8-18-12-29-32(2)15-18/h8-9,12-16,22H,4-7H2,1-3H3/b19-8+. The van der Waals surface area contributed by atoms with Crippen molar-refractivity contribution in [2.75, 3.05) is 20.2 Å². The van der Waals surface area contributed by atoms with Gasteiger partial charge in [0.25, 0.3) is 5.91 Å². The van der Waals surface area contributed by atoms with Gasteiger partial charge in [-0.2, -0.15) is 25.8 Å². The number of methoxy groups -OCH3 is 1. The number of pyridine rings is 1. The first-order chi connectivity index (χ1) is 17.9. The number of aryl methyl sites for hydroxylation is 1. The molecule has 0 aliphatic carbocycles. The third-order valence-electron chi connectivity index (χ3n) is 6.76. The number of carbonyl (C=O) groups is 1. The Bertz CT molecular complexity index is 1600. The smallest absolute Gasteiger partial charge is 0.264 e. The maximum absolute atomic E-state index is 13.0. The van der Waals surface area contributed by atoms with E-state index in [0.29, 0.717) is 29.9 Å². The van der Waals surface area contributed by atoms with E-state index in [-0.39, 0.29) is 17.5 Å². The second-order valence-electron chi connectivity index (χ2n) is 8.99. The number of amides is 1. The molecule has 0 bridgehead atoms. The molecule has 4 aromatic rings. The SMILES string of the molecule is COc1cc(-c2cnn(C3CCN(C(=O)/C(C#N)=C/c4cnn(C)c4)CC3)c2C)cn2ncc(C#N)c12. The highest BCUT2D eigenvalue weighted by atomic mass is 16.5. The minimum atomic E-state index is -0.265. The van der Waals surface area contributed by atoms with E-state index in [1.54, 1.807) is 46.7 Å². The van der Waals surface area contributed by atoms with Crippen molar-refractivity contribution < 1.29 is 9.53 Å². The lowest BCUT2D eigenvalue weighted by atomic mass is 10.0. The molecule has 1 aliphatic heterocycles. The fourth-order valence-corrected chi connectivity index (χ4v) is 4.85. The average molecular weight is 496 g/mol. The van der Waals surface area contributed by atoms with E-state index >= 15 is 0 Å². The molecule has 0 unspecified atom stereocenters. The highest BCUT2D eigenvalue weighted by molar-refractivity contribution is 6.01. The fraction of sp³-hybridized carbons (Fsp3) is 0.308. The number of hydrogen-bond donors (Lipinski definition) is 0. The van der Waals surface area contributed by atoms with Gasteiger partial charge in [-0.1, -0.05) is 0 Å². The lowest BCUT2D eigenvalue weighted by Crippen LogP contribution is -2.40. The first-order valence-corrected chi connectivity index (χ1v) is 11.8. The molecule has 1 fully saturated rings. The van der Waals surface area contributed by atoms with E-state index in [4.69, 9.17) is 4.74 Å². The quantitative estimate of drug-likeness (QED) is 0.307. The number of nitrogens with zero attached hydrogens (tertiary/aromatic N) is 9. The molecule has 1 aliphatic rings. The van der Waals surface area contributed by atoms with Crippen LogP contribution in [0.1, 0.15) is 35.7 Å². The second-order valence-corrected chi connectivity index (χ2v) is 8.99. The van der Waals surface area contributed by atoms with Gasteiger partial charge >= 0.3 is 0 Å². The van der Waals surface area contributed by atoms with E-state index < -0.39 is 0 Å². The number of fused-ring (bicyclic) bond motifs is 1. The van der Waals surface area contributed by atoms with Crippen LogP contribution < -0.4 is 4.74 Å². The molecular weight excluding hydrogens is 470 g/mol. The monoisotopic (exact) mass is 495 g/mol. The van der Waals surface area contributed by atoms with Crippen LogP contribution in [0.15, 0.2) is 42.6 Å². The summed E-state index contributed by atoms with van der Waals surface area (Å²) in [5.74, 6) is 0.303. The van der Waals surface area contributed by atoms with E-state index in [9.17, 15) is 15.3 Å². The number of rotatable bonds is 5. The van der Waals surface area contributed by atoms with Gasteiger partial charge in [-0.15, -0.1) is 0 Å². The topological polar surface area (TPSA) is 130 Å². The van der Waals surface area contributed by atoms with Crippen LogP contribution in [0.3, 0.4) is 0 Å². The molecule has 1 amide bonds. The van der Waals surface area contributed by atoms with Gasteiger partial charge in [-0.3, -0.25) is 14.2 Å². The molecule has 11 nitrogen and oxygen atoms in total. The molecule has 0 aromatic carbocycles. The van der Waals surface area contributed by atoms with Gasteiger partial charge in [0.15, 0.2) is 0 Å². The van der Waals surface area contributed by atoms with Crippen molar-refractivity contribution in [2.24, 2.45) is 7.05 Å². The van der Waals surface area contributed by atoms with E-state index in [0.717, 1.165) is 35.2 Å². The maximum Gasteiger partial charge on any atom is 0.264 e. The highest BCUT2D eigenvalue weighted by Crippen LogP contribution is 2.33. The number of aromatic nitrogens is 6. The Morgan fingerprint density at radius 1 is 1.14 bits per heavy atom. The van der Waals surface area contributed by atoms with Gasteiger partial charge in [0.1, 0.15) is 34.5 Å². The van der Waals surface area contributed by atoms with Crippen molar-refractivity contribution in [1.29, 1.82) is 10.5 Å². The summed E-state index contributed by atoms with van der Waals surface area (Å²) in [6, 6.07) is 6.21. The van der Waals surface area contributed by atoms with Gasteiger partial charge in [-0.05, 0) is 31.9 Å². The molecule has 0 atom stereocenters. The molecule has 0 spiro atoms. The zero-order valence-electron chi connectivity index (χ0n) is 20.8. The van der Waals surface area contributed by atoms with Crippen molar-refractivity contribution in [2.45, 2.75) is 25.8 Å². The predicted octanol–water partition coefficient (Wildman–Crippen LogP) is 2.89. The Morgan fingerprint density at radius 2 is 1.92 bits per heavy atom. The number of carbonyl (C=O) groups excluding carboxylic acids is 1.